The Hall–Kier alpha value is -4.08. The first kappa shape index (κ1) is 55.2. The van der Waals surface area contributed by atoms with Crippen LogP contribution in [0.4, 0.5) is 4.79 Å². The second-order valence-corrected chi connectivity index (χ2v) is 28.0. The highest BCUT2D eigenvalue weighted by atomic mass is 33.1. The van der Waals surface area contributed by atoms with Gasteiger partial charge < -0.3 is 52.1 Å². The summed E-state index contributed by atoms with van der Waals surface area (Å²) in [6.45, 7) is 18.9. The first-order valence-corrected chi connectivity index (χ1v) is 29.4. The van der Waals surface area contributed by atoms with Gasteiger partial charge in [-0.1, -0.05) is 56.2 Å². The van der Waals surface area contributed by atoms with E-state index in [9.17, 15) is 29.1 Å². The Bertz CT molecular complexity index is 2250. The maximum absolute atomic E-state index is 16.6. The van der Waals surface area contributed by atoms with Gasteiger partial charge in [0.05, 0.1) is 43.0 Å². The van der Waals surface area contributed by atoms with Gasteiger partial charge in [-0.3, -0.25) is 19.2 Å². The number of fused-ring (bicyclic) bond motifs is 5. The summed E-state index contributed by atoms with van der Waals surface area (Å²) in [7, 11) is 0.484. The number of aliphatic hydroxyl groups is 1. The molecule has 4 aliphatic rings. The van der Waals surface area contributed by atoms with Crippen LogP contribution in [0.25, 0.3) is 0 Å². The largest absolute Gasteiger partial charge is 0.467 e. The molecule has 2 saturated carbocycles. The number of alkyl carbamates (subject to hydrolysis) is 1. The third-order valence-electron chi connectivity index (χ3n) is 15.1. The Morgan fingerprint density at radius 3 is 2.20 bits per heavy atom. The summed E-state index contributed by atoms with van der Waals surface area (Å²) < 4.78 is 56.0. The van der Waals surface area contributed by atoms with Crippen LogP contribution in [0.1, 0.15) is 131 Å². The van der Waals surface area contributed by atoms with E-state index in [2.05, 4.69) is 5.32 Å². The molecule has 3 aliphatic carbocycles. The van der Waals surface area contributed by atoms with Crippen LogP contribution in [0.15, 0.2) is 56.8 Å². The number of amides is 1. The smallest absolute Gasteiger partial charge is 0.408 e. The molecule has 2 aromatic rings. The van der Waals surface area contributed by atoms with Crippen molar-refractivity contribution in [2.45, 2.75) is 180 Å². The number of hydrogen-bond donors (Lipinski definition) is 2. The second kappa shape index (κ2) is 21.6. The fourth-order valence-electron chi connectivity index (χ4n) is 11.2. The molecule has 0 aromatic carbocycles. The van der Waals surface area contributed by atoms with E-state index in [1.807, 2.05) is 27.0 Å². The molecule has 6 rings (SSSR count). The van der Waals surface area contributed by atoms with Crippen LogP contribution in [-0.4, -0.2) is 115 Å². The van der Waals surface area contributed by atoms with E-state index >= 15 is 4.79 Å². The quantitative estimate of drug-likeness (QED) is 0.0334. The highest BCUT2D eigenvalue weighted by Crippen LogP contribution is 2.65. The molecule has 20 heteroatoms. The summed E-state index contributed by atoms with van der Waals surface area (Å²) >= 11 is 0. The molecule has 70 heavy (non-hydrogen) atoms. The lowest BCUT2D eigenvalue weighted by atomic mass is 9.44. The zero-order valence-electron chi connectivity index (χ0n) is 42.5. The number of carbonyl (C=O) groups excluding carboxylic acids is 6. The Morgan fingerprint density at radius 1 is 0.971 bits per heavy atom. The van der Waals surface area contributed by atoms with Gasteiger partial charge in [-0.05, 0) is 101 Å². The van der Waals surface area contributed by atoms with Crippen LogP contribution >= 0.6 is 21.6 Å². The number of hydrogen-bond acceptors (Lipinski definition) is 18. The molecular formula is C50H71NO16S2Si. The number of carbonyl (C=O) groups is 6. The van der Waals surface area contributed by atoms with E-state index in [0.29, 0.717) is 35.9 Å². The van der Waals surface area contributed by atoms with Crippen molar-refractivity contribution in [1.82, 2.24) is 5.32 Å². The number of ketones is 1. The summed E-state index contributed by atoms with van der Waals surface area (Å²) in [5.41, 5.74) is -7.88. The van der Waals surface area contributed by atoms with Crippen LogP contribution in [0.2, 0.25) is 18.1 Å². The maximum Gasteiger partial charge on any atom is 0.408 e. The Labute approximate surface area is 419 Å². The lowest BCUT2D eigenvalue weighted by molar-refractivity contribution is -0.344. The first-order chi connectivity index (χ1) is 32.9. The van der Waals surface area contributed by atoms with E-state index in [1.165, 1.54) is 31.6 Å². The van der Waals surface area contributed by atoms with Gasteiger partial charge in [0.2, 0.25) is 5.76 Å². The van der Waals surface area contributed by atoms with Gasteiger partial charge in [-0.25, -0.2) is 9.59 Å². The van der Waals surface area contributed by atoms with Crippen molar-refractivity contribution >= 4 is 65.7 Å². The number of nitrogens with one attached hydrogen (secondary N) is 1. The fourth-order valence-corrected chi connectivity index (χ4v) is 15.4. The van der Waals surface area contributed by atoms with Gasteiger partial charge in [-0.15, -0.1) is 0 Å². The molecule has 17 nitrogen and oxygen atoms in total. The third-order valence-corrected chi connectivity index (χ3v) is 21.7. The highest BCUT2D eigenvalue weighted by Gasteiger charge is 2.79. The zero-order chi connectivity index (χ0) is 51.6. The molecule has 388 valence electrons. The standard InChI is InChI=1S/C50H71NO16S2Si/c1-13-70(14-2,15-3)67-35-26-36-49(28-61-36,65-30(5)52)41-43(64-44(56)33-20-17-23-60-33)50(58)27-34(62-38(54)25-31(32-19-16-22-59-32)51-45(57)66-46(6,7)8)29(4)39(47(50,9)10)40(42(55)48(35,41)11)63-37(53)21-18-24-69-68-12/h16-17,19-20,22-23,31,34-36,40-41,43,58H,13-15,18,21,24-28H2,1-12H3,(H,51,57)/t31-,34+,35+,36-,40-,41+,43+,48-,49+,50-/m1/s1. The fraction of sp³-hybridized carbons (Fsp3) is 0.680. The average Bonchev–Trinajstić information content (AvgIpc) is 4.03. The van der Waals surface area contributed by atoms with Crippen LogP contribution < -0.4 is 5.32 Å². The monoisotopic (exact) mass is 1030 g/mol. The number of Topliss-reactive ketones (excluding diaryl/α,β-unsaturated/α-hetero) is 1. The van der Waals surface area contributed by atoms with E-state index in [4.69, 9.17) is 41.7 Å². The summed E-state index contributed by atoms with van der Waals surface area (Å²) in [5, 5.41) is 16.8. The van der Waals surface area contributed by atoms with Crippen molar-refractivity contribution in [3.8, 4) is 0 Å². The molecule has 1 saturated heterocycles. The number of rotatable bonds is 19. The SMILES string of the molecule is CC[Si](CC)(CC)O[C@H]1C[C@H]2OC[C@@]2(OC(C)=O)[C@H]2[C@H](OC(=O)c3ccco3)[C@]3(O)C[C@H](OC(=O)C[C@@H](NC(=O)OC(C)(C)C)c4ccco4)C(C)=C([C@@H](OC(=O)CCCSSC)C(=O)[C@]12C)C3(C)C. The van der Waals surface area contributed by atoms with Crippen molar-refractivity contribution < 1.29 is 75.6 Å². The van der Waals surface area contributed by atoms with Crippen LogP contribution in [0, 0.1) is 16.7 Å². The van der Waals surface area contributed by atoms with Crippen molar-refractivity contribution in [3.63, 3.8) is 0 Å². The van der Waals surface area contributed by atoms with Crippen LogP contribution in [0.5, 0.6) is 0 Å². The molecule has 3 heterocycles. The third kappa shape index (κ3) is 10.7. The lowest BCUT2D eigenvalue weighted by Crippen LogP contribution is -2.82. The number of furan rings is 2. The summed E-state index contributed by atoms with van der Waals surface area (Å²) in [4.78, 5) is 86.2. The van der Waals surface area contributed by atoms with Gasteiger partial charge >= 0.3 is 30.0 Å². The summed E-state index contributed by atoms with van der Waals surface area (Å²) in [5.74, 6) is -4.65. The van der Waals surface area contributed by atoms with Crippen LogP contribution in [-0.2, 0) is 52.0 Å². The minimum Gasteiger partial charge on any atom is -0.467 e. The van der Waals surface area contributed by atoms with Crippen molar-refractivity contribution in [2.24, 2.45) is 16.7 Å². The molecule has 2 N–H and O–H groups in total. The average molecular weight is 1030 g/mol. The molecule has 2 bridgehead atoms. The Balaban J connectivity index is 1.59. The summed E-state index contributed by atoms with van der Waals surface area (Å²) in [6, 6.07) is 7.08. The Morgan fingerprint density at radius 2 is 1.64 bits per heavy atom. The molecule has 2 aromatic heterocycles. The predicted molar refractivity (Wildman–Crippen MR) is 262 cm³/mol. The van der Waals surface area contributed by atoms with Crippen molar-refractivity contribution in [2.75, 3.05) is 18.6 Å². The van der Waals surface area contributed by atoms with Crippen molar-refractivity contribution in [1.29, 1.82) is 0 Å². The molecule has 1 amide bonds. The molecule has 3 fully saturated rings. The molecular weight excluding hydrogens is 963 g/mol. The van der Waals surface area contributed by atoms with Crippen LogP contribution in [0.3, 0.4) is 0 Å². The molecule has 0 radical (unpaired) electrons. The topological polar surface area (TPSA) is 226 Å². The minimum atomic E-state index is -2.65. The number of esters is 4. The maximum atomic E-state index is 16.6. The van der Waals surface area contributed by atoms with E-state index in [0.717, 1.165) is 0 Å². The van der Waals surface area contributed by atoms with Crippen molar-refractivity contribution in [3.05, 3.63) is 59.5 Å². The first-order valence-electron chi connectivity index (χ1n) is 24.2. The predicted octanol–water partition coefficient (Wildman–Crippen LogP) is 8.85. The van der Waals surface area contributed by atoms with Gasteiger partial charge in [0.15, 0.2) is 25.8 Å². The lowest BCUT2D eigenvalue weighted by Gasteiger charge is -2.68. The molecule has 0 unspecified atom stereocenters. The molecule has 1 aliphatic heterocycles. The minimum absolute atomic E-state index is 0.0418. The Kier molecular flexibility index (Phi) is 17.0. The van der Waals surface area contributed by atoms with Gasteiger partial charge in [-0.2, -0.15) is 0 Å². The second-order valence-electron chi connectivity index (χ2n) is 20.6. The van der Waals surface area contributed by atoms with E-state index in [-0.39, 0.29) is 36.5 Å². The van der Waals surface area contributed by atoms with E-state index in [1.54, 1.807) is 82.2 Å². The highest BCUT2D eigenvalue weighted by molar-refractivity contribution is 8.76. The zero-order valence-corrected chi connectivity index (χ0v) is 45.1. The molecule has 10 atom stereocenters. The molecule has 0 spiro atoms. The number of ether oxygens (including phenoxy) is 6. The van der Waals surface area contributed by atoms with Gasteiger partial charge in [0.25, 0.3) is 0 Å². The van der Waals surface area contributed by atoms with Gasteiger partial charge in [0.1, 0.15) is 41.3 Å². The van der Waals surface area contributed by atoms with E-state index < -0.39 is 127 Å². The van der Waals surface area contributed by atoms with Gasteiger partial charge in [0, 0.05) is 37.4 Å². The normalized spacial score (nSPS) is 29.8. The summed E-state index contributed by atoms with van der Waals surface area (Å²) in [6.07, 6.45) is -3.30.